The molecule has 2 amide bonds. The van der Waals surface area contributed by atoms with E-state index < -0.39 is 35.4 Å². The van der Waals surface area contributed by atoms with E-state index in [0.29, 0.717) is 21.5 Å². The highest BCUT2D eigenvalue weighted by atomic mass is 35.5. The van der Waals surface area contributed by atoms with Crippen LogP contribution < -0.4 is 9.64 Å². The Balaban J connectivity index is 1.25. The molecule has 0 saturated carbocycles. The summed E-state index contributed by atoms with van der Waals surface area (Å²) in [4.78, 5) is 56.8. The van der Waals surface area contributed by atoms with Crippen LogP contribution in [0.1, 0.15) is 32.7 Å². The number of esters is 1. The van der Waals surface area contributed by atoms with Gasteiger partial charge in [-0.15, -0.1) is 0 Å². The summed E-state index contributed by atoms with van der Waals surface area (Å²) < 4.78 is 10.3. The normalized spacial score (nSPS) is 14.3. The van der Waals surface area contributed by atoms with Crippen molar-refractivity contribution < 1.29 is 28.7 Å². The molecule has 0 N–H and O–H groups in total. The second-order valence-corrected chi connectivity index (χ2v) is 11.4. The summed E-state index contributed by atoms with van der Waals surface area (Å²) in [7, 11) is 1.57. The lowest BCUT2D eigenvalue weighted by Gasteiger charge is -2.15. The maximum Gasteiger partial charge on any atom is 0.338 e. The van der Waals surface area contributed by atoms with Gasteiger partial charge in [-0.25, -0.2) is 14.7 Å². The van der Waals surface area contributed by atoms with Gasteiger partial charge in [0.1, 0.15) is 16.8 Å². The van der Waals surface area contributed by atoms with E-state index in [0.717, 1.165) is 22.2 Å². The van der Waals surface area contributed by atoms with Crippen LogP contribution in [-0.4, -0.2) is 47.5 Å². The lowest BCUT2D eigenvalue weighted by atomic mass is 10.1. The number of amides is 2. The van der Waals surface area contributed by atoms with Crippen molar-refractivity contribution in [1.29, 1.82) is 5.26 Å². The molecule has 1 fully saturated rings. The number of ether oxygens (including phenoxy) is 2. The Morgan fingerprint density at radius 1 is 0.977 bits per heavy atom. The van der Waals surface area contributed by atoms with Crippen molar-refractivity contribution >= 4 is 64.2 Å². The number of nitriles is 1. The first-order valence-electron chi connectivity index (χ1n) is 13.0. The van der Waals surface area contributed by atoms with E-state index in [1.54, 1.807) is 31.4 Å². The number of rotatable bonds is 9. The third-order valence-corrected chi connectivity index (χ3v) is 8.59. The number of imide groups is 1. The monoisotopic (exact) mass is 645 g/mol. The molecule has 1 atom stereocenters. The predicted molar refractivity (Wildman–Crippen MR) is 165 cm³/mol. The number of thioether (sulfide) groups is 1. The van der Waals surface area contributed by atoms with E-state index in [1.807, 2.05) is 12.1 Å². The molecule has 0 bridgehead atoms. The van der Waals surface area contributed by atoms with Crippen molar-refractivity contribution in [3.63, 3.8) is 0 Å². The number of Topliss-reactive ketones (excluding diaryl/α,β-unsaturated/α-hetero) is 1. The fourth-order valence-electron chi connectivity index (χ4n) is 4.35. The minimum atomic E-state index is -0.801. The Kier molecular flexibility index (Phi) is 9.30. The van der Waals surface area contributed by atoms with Crippen LogP contribution in [-0.2, 0) is 14.3 Å². The predicted octanol–water partition coefficient (Wildman–Crippen LogP) is 6.40. The SMILES string of the molecule is COc1ccc(-c2ccc(C#N)c(SC3CC(=O)N(c4ccc(C(=O)OCC(=O)c5ccc(Cl)c(Cl)c5)cc4)C3=O)n2)cc1. The van der Waals surface area contributed by atoms with Gasteiger partial charge in [-0.3, -0.25) is 14.4 Å². The largest absolute Gasteiger partial charge is 0.497 e. The fraction of sp³-hybridized carbons (Fsp3) is 0.125. The zero-order chi connectivity index (χ0) is 31.4. The molecule has 4 aromatic rings. The molecule has 0 aliphatic carbocycles. The summed E-state index contributed by atoms with van der Waals surface area (Å²) >= 11 is 12.9. The van der Waals surface area contributed by atoms with E-state index in [4.69, 9.17) is 32.7 Å². The summed E-state index contributed by atoms with van der Waals surface area (Å²) in [5.41, 5.74) is 2.32. The summed E-state index contributed by atoms with van der Waals surface area (Å²) in [5.74, 6) is -1.44. The van der Waals surface area contributed by atoms with Crippen LogP contribution in [0.25, 0.3) is 11.3 Å². The highest BCUT2D eigenvalue weighted by molar-refractivity contribution is 8.00. The number of carbonyl (C=O) groups is 4. The van der Waals surface area contributed by atoms with Crippen molar-refractivity contribution in [3.05, 3.63) is 106 Å². The number of benzene rings is 3. The lowest BCUT2D eigenvalue weighted by molar-refractivity contribution is -0.121. The van der Waals surface area contributed by atoms with Crippen LogP contribution in [0.15, 0.2) is 83.9 Å². The number of ketones is 1. The zero-order valence-electron chi connectivity index (χ0n) is 23.0. The maximum atomic E-state index is 13.3. The molecule has 1 unspecified atom stereocenters. The standard InChI is InChI=1S/C32H21Cl2N3O6S/c1-42-23-10-4-18(5-11-23)26-13-7-21(16-35)30(36-26)44-28-15-29(39)37(31(28)40)22-8-2-19(3-9-22)32(41)43-17-27(38)20-6-12-24(33)25(34)14-20/h2-14,28H,15,17H2,1H3. The fourth-order valence-corrected chi connectivity index (χ4v) is 5.75. The molecule has 0 radical (unpaired) electrons. The van der Waals surface area contributed by atoms with Crippen molar-refractivity contribution in [2.45, 2.75) is 16.7 Å². The third kappa shape index (κ3) is 6.60. The van der Waals surface area contributed by atoms with Gasteiger partial charge < -0.3 is 9.47 Å². The third-order valence-electron chi connectivity index (χ3n) is 6.66. The first kappa shape index (κ1) is 30.8. The van der Waals surface area contributed by atoms with E-state index in [9.17, 15) is 24.4 Å². The highest BCUT2D eigenvalue weighted by Gasteiger charge is 2.41. The molecule has 5 rings (SSSR count). The second-order valence-electron chi connectivity index (χ2n) is 9.44. The Labute approximate surface area is 266 Å². The van der Waals surface area contributed by atoms with Gasteiger partial charge in [-0.05, 0) is 78.9 Å². The molecule has 3 aromatic carbocycles. The average molecular weight is 647 g/mol. The first-order valence-corrected chi connectivity index (χ1v) is 14.7. The van der Waals surface area contributed by atoms with Gasteiger partial charge in [0.2, 0.25) is 11.8 Å². The Hall–Kier alpha value is -4.69. The molecule has 220 valence electrons. The molecule has 1 aliphatic rings. The second kappa shape index (κ2) is 13.3. The van der Waals surface area contributed by atoms with Gasteiger partial charge in [-0.1, -0.05) is 35.0 Å². The molecule has 0 spiro atoms. The van der Waals surface area contributed by atoms with Crippen LogP contribution >= 0.6 is 35.0 Å². The van der Waals surface area contributed by atoms with E-state index in [1.165, 1.54) is 42.5 Å². The van der Waals surface area contributed by atoms with Crippen molar-refractivity contribution in [3.8, 4) is 23.1 Å². The van der Waals surface area contributed by atoms with E-state index in [-0.39, 0.29) is 33.8 Å². The van der Waals surface area contributed by atoms with Gasteiger partial charge in [0.05, 0.1) is 44.9 Å². The molecule has 2 heterocycles. The number of carbonyl (C=O) groups excluding carboxylic acids is 4. The average Bonchev–Trinajstić information content (AvgIpc) is 3.32. The van der Waals surface area contributed by atoms with Crippen LogP contribution in [0.3, 0.4) is 0 Å². The van der Waals surface area contributed by atoms with Gasteiger partial charge in [0.15, 0.2) is 12.4 Å². The summed E-state index contributed by atoms with van der Waals surface area (Å²) in [5, 5.41) is 9.67. The summed E-state index contributed by atoms with van der Waals surface area (Å²) in [6, 6.07) is 22.7. The maximum absolute atomic E-state index is 13.3. The number of nitrogens with zero attached hydrogens (tertiary/aromatic N) is 3. The number of hydrogen-bond acceptors (Lipinski definition) is 9. The molecule has 9 nitrogen and oxygen atoms in total. The van der Waals surface area contributed by atoms with Crippen LogP contribution in [0.2, 0.25) is 10.0 Å². The Bertz CT molecular complexity index is 1820. The van der Waals surface area contributed by atoms with Gasteiger partial charge in [0.25, 0.3) is 0 Å². The Morgan fingerprint density at radius 3 is 2.34 bits per heavy atom. The number of methoxy groups -OCH3 is 1. The zero-order valence-corrected chi connectivity index (χ0v) is 25.3. The van der Waals surface area contributed by atoms with E-state index in [2.05, 4.69) is 11.1 Å². The molecule has 1 saturated heterocycles. The van der Waals surface area contributed by atoms with Crippen molar-refractivity contribution in [2.75, 3.05) is 18.6 Å². The molecule has 1 aromatic heterocycles. The molecule has 1 aliphatic heterocycles. The molecular weight excluding hydrogens is 625 g/mol. The quantitative estimate of drug-likeness (QED) is 0.115. The molecule has 44 heavy (non-hydrogen) atoms. The topological polar surface area (TPSA) is 127 Å². The number of anilines is 1. The lowest BCUT2D eigenvalue weighted by Crippen LogP contribution is -2.31. The number of pyridine rings is 1. The first-order chi connectivity index (χ1) is 21.2. The number of hydrogen-bond donors (Lipinski definition) is 0. The highest BCUT2D eigenvalue weighted by Crippen LogP contribution is 2.36. The van der Waals surface area contributed by atoms with Crippen LogP contribution in [0.5, 0.6) is 5.75 Å². The van der Waals surface area contributed by atoms with Crippen molar-refractivity contribution in [2.24, 2.45) is 0 Å². The van der Waals surface area contributed by atoms with Gasteiger partial charge in [-0.2, -0.15) is 5.26 Å². The number of halogens is 2. The summed E-state index contributed by atoms with van der Waals surface area (Å²) in [6.07, 6.45) is -0.0938. The molecular formula is C32H21Cl2N3O6S. The van der Waals surface area contributed by atoms with Gasteiger partial charge >= 0.3 is 5.97 Å². The van der Waals surface area contributed by atoms with E-state index >= 15 is 0 Å². The van der Waals surface area contributed by atoms with Crippen LogP contribution in [0, 0.1) is 11.3 Å². The Morgan fingerprint density at radius 2 is 1.68 bits per heavy atom. The van der Waals surface area contributed by atoms with Gasteiger partial charge in [0, 0.05) is 17.5 Å². The van der Waals surface area contributed by atoms with Crippen LogP contribution in [0.4, 0.5) is 5.69 Å². The minimum Gasteiger partial charge on any atom is -0.497 e. The summed E-state index contributed by atoms with van der Waals surface area (Å²) in [6.45, 7) is -0.515. The number of aromatic nitrogens is 1. The smallest absolute Gasteiger partial charge is 0.338 e. The van der Waals surface area contributed by atoms with Crippen molar-refractivity contribution in [1.82, 2.24) is 4.98 Å². The minimum absolute atomic E-state index is 0.0938. The molecule has 12 heteroatoms.